The molecule has 1 saturated heterocycles. The van der Waals surface area contributed by atoms with Crippen LogP contribution >= 0.6 is 0 Å². The van der Waals surface area contributed by atoms with Gasteiger partial charge >= 0.3 is 0 Å². The first-order valence-corrected chi connectivity index (χ1v) is 6.06. The highest BCUT2D eigenvalue weighted by molar-refractivity contribution is 5.70. The molecule has 94 valence electrons. The molecule has 18 heavy (non-hydrogen) atoms. The first kappa shape index (κ1) is 11.5. The van der Waals surface area contributed by atoms with Crippen molar-refractivity contribution < 1.29 is 4.84 Å². The minimum atomic E-state index is 0.268. The van der Waals surface area contributed by atoms with E-state index in [0.717, 1.165) is 25.3 Å². The van der Waals surface area contributed by atoms with E-state index in [4.69, 9.17) is 4.84 Å². The molecule has 2 unspecified atom stereocenters. The minimum Gasteiger partial charge on any atom is -0.293 e. The van der Waals surface area contributed by atoms with Crippen molar-refractivity contribution in [2.24, 2.45) is 0 Å². The lowest BCUT2D eigenvalue weighted by atomic mass is 9.99. The van der Waals surface area contributed by atoms with E-state index >= 15 is 0 Å². The molecule has 0 saturated carbocycles. The van der Waals surface area contributed by atoms with Crippen LogP contribution in [0.5, 0.6) is 0 Å². The Bertz CT molecular complexity index is 459. The fourth-order valence-electron chi connectivity index (χ4n) is 2.48. The van der Waals surface area contributed by atoms with E-state index in [2.05, 4.69) is 27.5 Å². The highest BCUT2D eigenvalue weighted by Crippen LogP contribution is 2.30. The van der Waals surface area contributed by atoms with Gasteiger partial charge in [-0.15, -0.1) is 6.58 Å². The second kappa shape index (κ2) is 4.97. The second-order valence-corrected chi connectivity index (χ2v) is 4.48. The highest BCUT2D eigenvalue weighted by Gasteiger charge is 2.36. The molecule has 0 amide bonds. The van der Waals surface area contributed by atoms with Gasteiger partial charge in [0.05, 0.1) is 19.3 Å². The number of hydrogen-bond acceptors (Lipinski definition) is 5. The van der Waals surface area contributed by atoms with Crippen LogP contribution in [0.25, 0.3) is 5.57 Å². The second-order valence-electron chi connectivity index (χ2n) is 4.48. The quantitative estimate of drug-likeness (QED) is 0.737. The van der Waals surface area contributed by atoms with Gasteiger partial charge in [0.2, 0.25) is 0 Å². The zero-order chi connectivity index (χ0) is 12.4. The molecular formula is C13H16N4O. The summed E-state index contributed by atoms with van der Waals surface area (Å²) in [5.41, 5.74) is 2.34. The molecule has 0 N–H and O–H groups in total. The summed E-state index contributed by atoms with van der Waals surface area (Å²) < 4.78 is 0. The molecule has 3 heterocycles. The third-order valence-electron chi connectivity index (χ3n) is 3.30. The van der Waals surface area contributed by atoms with Crippen molar-refractivity contribution in [3.63, 3.8) is 0 Å². The summed E-state index contributed by atoms with van der Waals surface area (Å²) in [5, 5.41) is 2.02. The fourth-order valence-corrected chi connectivity index (χ4v) is 2.48. The predicted octanol–water partition coefficient (Wildman–Crippen LogP) is 0.935. The number of nitrogens with zero attached hydrogens (tertiary/aromatic N) is 4. The molecule has 2 aliphatic rings. The summed E-state index contributed by atoms with van der Waals surface area (Å²) in [6.45, 7) is 7.02. The Morgan fingerprint density at radius 2 is 2.28 bits per heavy atom. The van der Waals surface area contributed by atoms with E-state index in [-0.39, 0.29) is 6.04 Å². The van der Waals surface area contributed by atoms with E-state index < -0.39 is 0 Å². The van der Waals surface area contributed by atoms with Gasteiger partial charge in [0, 0.05) is 31.0 Å². The first-order chi connectivity index (χ1) is 8.88. The topological polar surface area (TPSA) is 41.5 Å². The largest absolute Gasteiger partial charge is 0.293 e. The molecule has 1 fully saturated rings. The maximum Gasteiger partial charge on any atom is 0.115 e. The molecule has 0 spiro atoms. The molecule has 2 aliphatic heterocycles. The van der Waals surface area contributed by atoms with Crippen molar-refractivity contribution in [2.45, 2.75) is 6.04 Å². The molecule has 2 bridgehead atoms. The van der Waals surface area contributed by atoms with Crippen molar-refractivity contribution in [1.29, 1.82) is 0 Å². The number of aromatic nitrogens is 2. The van der Waals surface area contributed by atoms with Crippen LogP contribution in [-0.2, 0) is 4.84 Å². The summed E-state index contributed by atoms with van der Waals surface area (Å²) in [6, 6.07) is 0.268. The minimum absolute atomic E-state index is 0.268. The summed E-state index contributed by atoms with van der Waals surface area (Å²) in [6.07, 6.45) is 9.29. The Morgan fingerprint density at radius 3 is 3.06 bits per heavy atom. The van der Waals surface area contributed by atoms with Crippen molar-refractivity contribution >= 4 is 5.57 Å². The molecule has 5 nitrogen and oxygen atoms in total. The summed E-state index contributed by atoms with van der Waals surface area (Å²) >= 11 is 0. The summed E-state index contributed by atoms with van der Waals surface area (Å²) in [5.74, 6) is 0. The van der Waals surface area contributed by atoms with Gasteiger partial charge in [-0.2, -0.15) is 5.06 Å². The smallest absolute Gasteiger partial charge is 0.115 e. The summed E-state index contributed by atoms with van der Waals surface area (Å²) in [4.78, 5) is 16.2. The third-order valence-corrected chi connectivity index (χ3v) is 3.30. The van der Waals surface area contributed by atoms with Crippen molar-refractivity contribution in [3.8, 4) is 0 Å². The van der Waals surface area contributed by atoms with Crippen LogP contribution in [0.4, 0.5) is 0 Å². The maximum absolute atomic E-state index is 5.71. The number of rotatable bonds is 4. The molecule has 1 aromatic heterocycles. The van der Waals surface area contributed by atoms with Gasteiger partial charge in [-0.3, -0.25) is 9.74 Å². The third kappa shape index (κ3) is 2.08. The SMILES string of the molecule is C=CCON1CN2CC=C(c3cncnc3)C1C2. The normalized spacial score (nSPS) is 27.0. The van der Waals surface area contributed by atoms with Crippen LogP contribution in [0.2, 0.25) is 0 Å². The molecule has 0 radical (unpaired) electrons. The van der Waals surface area contributed by atoms with Gasteiger partial charge < -0.3 is 0 Å². The molecule has 3 rings (SSSR count). The number of fused-ring (bicyclic) bond motifs is 2. The van der Waals surface area contributed by atoms with Crippen molar-refractivity contribution in [3.05, 3.63) is 43.0 Å². The predicted molar refractivity (Wildman–Crippen MR) is 68.2 cm³/mol. The fraction of sp³-hybridized carbons (Fsp3) is 0.385. The number of hydroxylamine groups is 2. The van der Waals surface area contributed by atoms with E-state index in [0.29, 0.717) is 6.61 Å². The van der Waals surface area contributed by atoms with Crippen LogP contribution in [-0.4, -0.2) is 52.3 Å². The zero-order valence-electron chi connectivity index (χ0n) is 10.2. The van der Waals surface area contributed by atoms with E-state index in [1.54, 1.807) is 12.4 Å². The molecule has 0 aromatic carbocycles. The Hall–Kier alpha value is -1.56. The van der Waals surface area contributed by atoms with Gasteiger partial charge in [-0.25, -0.2) is 9.97 Å². The van der Waals surface area contributed by atoms with Crippen molar-refractivity contribution in [1.82, 2.24) is 19.9 Å². The molecule has 1 aromatic rings. The van der Waals surface area contributed by atoms with Gasteiger partial charge in [0.15, 0.2) is 0 Å². The Morgan fingerprint density at radius 1 is 1.44 bits per heavy atom. The lowest BCUT2D eigenvalue weighted by molar-refractivity contribution is -0.151. The van der Waals surface area contributed by atoms with Crippen LogP contribution < -0.4 is 0 Å². The molecule has 0 aliphatic carbocycles. The average Bonchev–Trinajstić information content (AvgIpc) is 2.74. The number of hydrogen-bond donors (Lipinski definition) is 0. The Balaban J connectivity index is 1.83. The molecule has 5 heteroatoms. The highest BCUT2D eigenvalue weighted by atomic mass is 16.7. The van der Waals surface area contributed by atoms with Crippen LogP contribution in [0.1, 0.15) is 5.56 Å². The Labute approximate surface area is 106 Å². The zero-order valence-corrected chi connectivity index (χ0v) is 10.2. The lowest BCUT2D eigenvalue weighted by Crippen LogP contribution is -2.32. The van der Waals surface area contributed by atoms with Gasteiger partial charge in [0.25, 0.3) is 0 Å². The van der Waals surface area contributed by atoms with E-state index in [9.17, 15) is 0 Å². The lowest BCUT2D eigenvalue weighted by Gasteiger charge is -2.25. The van der Waals surface area contributed by atoms with E-state index in [1.165, 1.54) is 5.57 Å². The van der Waals surface area contributed by atoms with Gasteiger partial charge in [-0.1, -0.05) is 12.2 Å². The van der Waals surface area contributed by atoms with Crippen LogP contribution in [0, 0.1) is 0 Å². The molecular weight excluding hydrogens is 228 g/mol. The average molecular weight is 244 g/mol. The van der Waals surface area contributed by atoms with Crippen LogP contribution in [0.15, 0.2) is 37.5 Å². The Kier molecular flexibility index (Phi) is 3.19. The van der Waals surface area contributed by atoms with Crippen LogP contribution in [0.3, 0.4) is 0 Å². The van der Waals surface area contributed by atoms with Gasteiger partial charge in [0.1, 0.15) is 6.33 Å². The van der Waals surface area contributed by atoms with Gasteiger partial charge in [-0.05, 0) is 5.57 Å². The van der Waals surface area contributed by atoms with E-state index in [1.807, 2.05) is 17.5 Å². The first-order valence-electron chi connectivity index (χ1n) is 6.06. The summed E-state index contributed by atoms with van der Waals surface area (Å²) in [7, 11) is 0. The van der Waals surface area contributed by atoms with Crippen molar-refractivity contribution in [2.75, 3.05) is 26.4 Å². The maximum atomic E-state index is 5.71. The standard InChI is InChI=1S/C13H16N4O/c1-2-5-18-17-10-16-4-3-12(13(17)8-16)11-6-14-9-15-7-11/h2-3,6-7,9,13H,1,4-5,8,10H2. The molecule has 2 atom stereocenters. The monoisotopic (exact) mass is 244 g/mol.